The Kier molecular flexibility index (Phi) is 6.90. The van der Waals surface area contributed by atoms with Crippen LogP contribution in [0.5, 0.6) is 0 Å². The molecule has 11 rings (SSSR count). The van der Waals surface area contributed by atoms with E-state index in [9.17, 15) is 0 Å². The molecule has 0 unspecified atom stereocenters. The van der Waals surface area contributed by atoms with Crippen LogP contribution in [0.2, 0.25) is 0 Å². The molecule has 2 heteroatoms. The third kappa shape index (κ3) is 5.03. The summed E-state index contributed by atoms with van der Waals surface area (Å²) in [6, 6.07) is 72.5. The second kappa shape index (κ2) is 12.2. The van der Waals surface area contributed by atoms with Gasteiger partial charge in [0, 0.05) is 27.8 Å². The van der Waals surface area contributed by atoms with E-state index in [0.29, 0.717) is 0 Å². The Balaban J connectivity index is 1.08. The van der Waals surface area contributed by atoms with Crippen LogP contribution in [0.3, 0.4) is 0 Å². The van der Waals surface area contributed by atoms with Gasteiger partial charge < -0.3 is 9.32 Å². The molecule has 1 aromatic heterocycles. The van der Waals surface area contributed by atoms with Gasteiger partial charge in [-0.25, -0.2) is 0 Å². The van der Waals surface area contributed by atoms with E-state index < -0.39 is 0 Å². The first kappa shape index (κ1) is 30.5. The normalized spacial score (nSPS) is 11.7. The van der Waals surface area contributed by atoms with Crippen molar-refractivity contribution < 1.29 is 4.42 Å². The van der Waals surface area contributed by atoms with E-state index >= 15 is 0 Å². The summed E-state index contributed by atoms with van der Waals surface area (Å²) in [5, 5.41) is 12.3. The van der Waals surface area contributed by atoms with Crippen LogP contribution in [-0.2, 0) is 0 Å². The quantitative estimate of drug-likeness (QED) is 0.168. The molecule has 0 amide bonds. The highest BCUT2D eigenvalue weighted by molar-refractivity contribution is 6.10. The van der Waals surface area contributed by atoms with Crippen LogP contribution in [-0.4, -0.2) is 0 Å². The molecule has 0 saturated carbocycles. The number of para-hydroxylation sites is 1. The summed E-state index contributed by atoms with van der Waals surface area (Å²) in [4.78, 5) is 2.38. The third-order valence-corrected chi connectivity index (χ3v) is 11.0. The lowest BCUT2D eigenvalue weighted by molar-refractivity contribution is 0.669. The van der Waals surface area contributed by atoms with Crippen molar-refractivity contribution in [3.63, 3.8) is 0 Å². The number of anilines is 3. The summed E-state index contributed by atoms with van der Waals surface area (Å²) in [6.07, 6.45) is 0. The topological polar surface area (TPSA) is 16.4 Å². The minimum absolute atomic E-state index is 0.884. The fourth-order valence-corrected chi connectivity index (χ4v) is 8.31. The van der Waals surface area contributed by atoms with Crippen LogP contribution < -0.4 is 4.90 Å². The van der Waals surface area contributed by atoms with Crippen LogP contribution in [0.25, 0.3) is 87.3 Å². The Morgan fingerprint density at radius 2 is 0.704 bits per heavy atom. The van der Waals surface area contributed by atoms with E-state index in [2.05, 4.69) is 193 Å². The second-order valence-electron chi connectivity index (χ2n) is 14.2. The molecule has 0 fully saturated rings. The molecule has 10 aromatic carbocycles. The Morgan fingerprint density at radius 3 is 1.30 bits per heavy atom. The molecule has 0 bridgehead atoms. The molecular formula is C52H33NO. The number of rotatable bonds is 5. The number of fused-ring (bicyclic) bond motifs is 9. The average molecular weight is 688 g/mol. The summed E-state index contributed by atoms with van der Waals surface area (Å²) < 4.78 is 6.27. The largest absolute Gasteiger partial charge is 0.456 e. The van der Waals surface area contributed by atoms with E-state index in [1.165, 1.54) is 65.3 Å². The van der Waals surface area contributed by atoms with Crippen molar-refractivity contribution in [1.29, 1.82) is 0 Å². The van der Waals surface area contributed by atoms with Gasteiger partial charge in [-0.2, -0.15) is 0 Å². The molecule has 252 valence electrons. The molecule has 0 saturated heterocycles. The lowest BCUT2D eigenvalue weighted by Crippen LogP contribution is -2.10. The highest BCUT2D eigenvalue weighted by atomic mass is 16.3. The van der Waals surface area contributed by atoms with Gasteiger partial charge in [0.25, 0.3) is 0 Å². The monoisotopic (exact) mass is 687 g/mol. The number of furan rings is 1. The number of hydrogen-bond acceptors (Lipinski definition) is 2. The smallest absolute Gasteiger partial charge is 0.135 e. The summed E-state index contributed by atoms with van der Waals surface area (Å²) in [5.74, 6) is 0. The van der Waals surface area contributed by atoms with E-state index in [4.69, 9.17) is 4.42 Å². The van der Waals surface area contributed by atoms with Gasteiger partial charge in [0.05, 0.1) is 0 Å². The fourth-order valence-electron chi connectivity index (χ4n) is 8.31. The third-order valence-electron chi connectivity index (χ3n) is 11.0. The molecule has 0 N–H and O–H groups in total. The van der Waals surface area contributed by atoms with Gasteiger partial charge in [0.15, 0.2) is 0 Å². The van der Waals surface area contributed by atoms with Crippen molar-refractivity contribution >= 4 is 82.1 Å². The first-order valence-electron chi connectivity index (χ1n) is 18.5. The fraction of sp³-hybridized carbons (Fsp3) is 0. The molecular weight excluding hydrogens is 655 g/mol. The van der Waals surface area contributed by atoms with Crippen molar-refractivity contribution in [2.24, 2.45) is 0 Å². The number of hydrogen-bond donors (Lipinski definition) is 0. The summed E-state index contributed by atoms with van der Waals surface area (Å²) in [7, 11) is 0. The first-order chi connectivity index (χ1) is 26.7. The molecule has 0 radical (unpaired) electrons. The van der Waals surface area contributed by atoms with Gasteiger partial charge in [-0.15, -0.1) is 0 Å². The number of nitrogens with zero attached hydrogens (tertiary/aromatic N) is 1. The molecule has 0 aliphatic carbocycles. The van der Waals surface area contributed by atoms with Gasteiger partial charge in [-0.1, -0.05) is 140 Å². The predicted molar refractivity (Wildman–Crippen MR) is 229 cm³/mol. The highest BCUT2D eigenvalue weighted by Crippen LogP contribution is 2.42. The maximum absolute atomic E-state index is 6.27. The van der Waals surface area contributed by atoms with Crippen molar-refractivity contribution in [2.45, 2.75) is 0 Å². The van der Waals surface area contributed by atoms with Crippen LogP contribution in [0.1, 0.15) is 0 Å². The van der Waals surface area contributed by atoms with Crippen molar-refractivity contribution in [1.82, 2.24) is 0 Å². The molecule has 0 aliphatic rings. The van der Waals surface area contributed by atoms with Gasteiger partial charge in [-0.05, 0) is 126 Å². The SMILES string of the molecule is c1cc(-c2ccc3ccc4ccccc4c3c2)cc(N(c2cccc(-c3ccc4ccc5ccccc5c4c3)c2)c2ccc3oc4ccccc4c3c2)c1. The highest BCUT2D eigenvalue weighted by Gasteiger charge is 2.17. The van der Waals surface area contributed by atoms with Gasteiger partial charge >= 0.3 is 0 Å². The molecule has 2 nitrogen and oxygen atoms in total. The lowest BCUT2D eigenvalue weighted by atomic mass is 9.96. The van der Waals surface area contributed by atoms with E-state index in [1.807, 2.05) is 12.1 Å². The van der Waals surface area contributed by atoms with Gasteiger partial charge in [0.1, 0.15) is 11.2 Å². The summed E-state index contributed by atoms with van der Waals surface area (Å²) in [6.45, 7) is 0. The molecule has 0 atom stereocenters. The molecule has 1 heterocycles. The number of benzene rings is 10. The van der Waals surface area contributed by atoms with Crippen molar-refractivity contribution in [3.05, 3.63) is 200 Å². The zero-order valence-electron chi connectivity index (χ0n) is 29.4. The van der Waals surface area contributed by atoms with Crippen LogP contribution in [0.15, 0.2) is 205 Å². The van der Waals surface area contributed by atoms with Crippen LogP contribution in [0.4, 0.5) is 17.1 Å². The molecule has 0 spiro atoms. The second-order valence-corrected chi connectivity index (χ2v) is 14.2. The van der Waals surface area contributed by atoms with E-state index in [0.717, 1.165) is 39.0 Å². The maximum atomic E-state index is 6.27. The van der Waals surface area contributed by atoms with Crippen LogP contribution in [0, 0.1) is 0 Å². The first-order valence-corrected chi connectivity index (χ1v) is 18.5. The summed E-state index contributed by atoms with van der Waals surface area (Å²) in [5.41, 5.74) is 9.72. The minimum atomic E-state index is 0.884. The zero-order chi connectivity index (χ0) is 35.6. The van der Waals surface area contributed by atoms with Crippen LogP contribution >= 0.6 is 0 Å². The Labute approximate surface area is 312 Å². The standard InChI is InChI=1S/C52H33NO/c1-3-15-45-34(9-1)19-21-36-23-25-40(31-48(36)45)38-11-7-13-42(29-38)53(44-27-28-52-50(33-44)47-17-5-6-18-51(47)54-52)43-14-8-12-39(30-43)41-26-24-37-22-20-35-10-2-4-16-46(35)49(37)32-41/h1-33H. The van der Waals surface area contributed by atoms with E-state index in [-0.39, 0.29) is 0 Å². The van der Waals surface area contributed by atoms with Crippen molar-refractivity contribution in [3.8, 4) is 22.3 Å². The average Bonchev–Trinajstić information content (AvgIpc) is 3.62. The maximum Gasteiger partial charge on any atom is 0.135 e. The predicted octanol–water partition coefficient (Wildman–Crippen LogP) is 15.0. The van der Waals surface area contributed by atoms with Crippen molar-refractivity contribution in [2.75, 3.05) is 4.90 Å². The Hall–Kier alpha value is -7.16. The zero-order valence-corrected chi connectivity index (χ0v) is 29.4. The van der Waals surface area contributed by atoms with E-state index in [1.54, 1.807) is 0 Å². The minimum Gasteiger partial charge on any atom is -0.456 e. The summed E-state index contributed by atoms with van der Waals surface area (Å²) >= 11 is 0. The Bertz CT molecular complexity index is 3080. The van der Waals surface area contributed by atoms with Gasteiger partial charge in [-0.3, -0.25) is 0 Å². The van der Waals surface area contributed by atoms with Gasteiger partial charge in [0.2, 0.25) is 0 Å². The molecule has 54 heavy (non-hydrogen) atoms. The molecule has 11 aromatic rings. The Morgan fingerprint density at radius 1 is 0.259 bits per heavy atom. The lowest BCUT2D eigenvalue weighted by Gasteiger charge is -2.26. The molecule has 0 aliphatic heterocycles.